The van der Waals surface area contributed by atoms with Crippen LogP contribution in [0, 0.1) is 12.7 Å². The van der Waals surface area contributed by atoms with Gasteiger partial charge in [-0.2, -0.15) is 0 Å². The van der Waals surface area contributed by atoms with E-state index < -0.39 is 5.82 Å². The van der Waals surface area contributed by atoms with E-state index in [1.165, 1.54) is 6.42 Å². The Labute approximate surface area is 120 Å². The van der Waals surface area contributed by atoms with Crippen molar-refractivity contribution in [2.24, 2.45) is 5.73 Å². The molecule has 0 bridgehead atoms. The van der Waals surface area contributed by atoms with Crippen molar-refractivity contribution < 1.29 is 9.18 Å². The Balaban J connectivity index is 2.23. The van der Waals surface area contributed by atoms with Gasteiger partial charge in [-0.1, -0.05) is 31.4 Å². The summed E-state index contributed by atoms with van der Waals surface area (Å²) in [5.41, 5.74) is 6.31. The van der Waals surface area contributed by atoms with Crippen LogP contribution in [0.1, 0.15) is 48.0 Å². The summed E-state index contributed by atoms with van der Waals surface area (Å²) in [5.74, 6) is -0.626. The van der Waals surface area contributed by atoms with Crippen molar-refractivity contribution in [2.75, 3.05) is 13.1 Å². The van der Waals surface area contributed by atoms with Gasteiger partial charge in [0.1, 0.15) is 5.82 Å². The first-order valence-corrected chi connectivity index (χ1v) is 7.41. The van der Waals surface area contributed by atoms with Crippen LogP contribution in [-0.4, -0.2) is 29.9 Å². The number of halogens is 1. The normalized spacial score (nSPS) is 16.1. The van der Waals surface area contributed by atoms with Crippen LogP contribution in [-0.2, 0) is 0 Å². The molecule has 0 atom stereocenters. The molecule has 0 aliphatic heterocycles. The smallest absolute Gasteiger partial charge is 0.257 e. The topological polar surface area (TPSA) is 46.3 Å². The van der Waals surface area contributed by atoms with Crippen molar-refractivity contribution in [2.45, 2.75) is 45.1 Å². The van der Waals surface area contributed by atoms with E-state index in [-0.39, 0.29) is 17.5 Å². The lowest BCUT2D eigenvalue weighted by Gasteiger charge is -2.34. The lowest BCUT2D eigenvalue weighted by molar-refractivity contribution is 0.0636. The van der Waals surface area contributed by atoms with E-state index in [0.717, 1.165) is 25.7 Å². The van der Waals surface area contributed by atoms with Gasteiger partial charge in [-0.25, -0.2) is 4.39 Å². The minimum absolute atomic E-state index is 0.170. The number of hydrogen-bond donors (Lipinski definition) is 1. The Morgan fingerprint density at radius 2 is 2.05 bits per heavy atom. The Kier molecular flexibility index (Phi) is 5.12. The Morgan fingerprint density at radius 1 is 1.35 bits per heavy atom. The van der Waals surface area contributed by atoms with Gasteiger partial charge in [0.15, 0.2) is 0 Å². The SMILES string of the molecule is Cc1cccc(C(=O)N(CCN)C2CCCCC2)c1F. The minimum atomic E-state index is -0.407. The molecule has 0 unspecified atom stereocenters. The lowest BCUT2D eigenvalue weighted by Crippen LogP contribution is -2.44. The first kappa shape index (κ1) is 15.0. The molecule has 0 aromatic heterocycles. The number of benzene rings is 1. The summed E-state index contributed by atoms with van der Waals surface area (Å²) in [4.78, 5) is 14.4. The van der Waals surface area contributed by atoms with E-state index in [4.69, 9.17) is 5.73 Å². The second-order valence-corrected chi connectivity index (χ2v) is 5.52. The molecule has 0 spiro atoms. The summed E-state index contributed by atoms with van der Waals surface area (Å²) in [6.45, 7) is 2.59. The molecule has 1 aromatic carbocycles. The zero-order chi connectivity index (χ0) is 14.5. The highest BCUT2D eigenvalue weighted by Crippen LogP contribution is 2.24. The molecule has 1 aliphatic carbocycles. The number of hydrogen-bond acceptors (Lipinski definition) is 2. The molecule has 0 radical (unpaired) electrons. The third-order valence-corrected chi connectivity index (χ3v) is 4.07. The molecule has 2 rings (SSSR count). The van der Waals surface area contributed by atoms with Crippen LogP contribution in [0.4, 0.5) is 4.39 Å². The van der Waals surface area contributed by atoms with Crippen LogP contribution in [0.15, 0.2) is 18.2 Å². The van der Waals surface area contributed by atoms with E-state index in [9.17, 15) is 9.18 Å². The van der Waals surface area contributed by atoms with E-state index >= 15 is 0 Å². The molecule has 3 nitrogen and oxygen atoms in total. The predicted octanol–water partition coefficient (Wildman–Crippen LogP) is 2.87. The summed E-state index contributed by atoms with van der Waals surface area (Å²) in [5, 5.41) is 0. The molecule has 110 valence electrons. The number of rotatable bonds is 4. The quantitative estimate of drug-likeness (QED) is 0.920. The molecular formula is C16H23FN2O. The van der Waals surface area contributed by atoms with Crippen molar-refractivity contribution in [1.29, 1.82) is 0 Å². The second-order valence-electron chi connectivity index (χ2n) is 5.52. The van der Waals surface area contributed by atoms with Gasteiger partial charge in [0.25, 0.3) is 5.91 Å². The van der Waals surface area contributed by atoms with Crippen LogP contribution < -0.4 is 5.73 Å². The molecule has 1 saturated carbocycles. The van der Waals surface area contributed by atoms with Gasteiger partial charge in [0, 0.05) is 19.1 Å². The first-order valence-electron chi connectivity index (χ1n) is 7.41. The third-order valence-electron chi connectivity index (χ3n) is 4.07. The van der Waals surface area contributed by atoms with E-state index in [1.54, 1.807) is 30.0 Å². The summed E-state index contributed by atoms with van der Waals surface area (Å²) >= 11 is 0. The number of aryl methyl sites for hydroxylation is 1. The van der Waals surface area contributed by atoms with Gasteiger partial charge >= 0.3 is 0 Å². The van der Waals surface area contributed by atoms with Crippen molar-refractivity contribution in [3.05, 3.63) is 35.1 Å². The summed E-state index contributed by atoms with van der Waals surface area (Å²) in [6.07, 6.45) is 5.49. The van der Waals surface area contributed by atoms with Crippen molar-refractivity contribution >= 4 is 5.91 Å². The first-order chi connectivity index (χ1) is 9.65. The maximum absolute atomic E-state index is 14.1. The average Bonchev–Trinajstić information content (AvgIpc) is 2.48. The molecule has 1 fully saturated rings. The predicted molar refractivity (Wildman–Crippen MR) is 78.1 cm³/mol. The van der Waals surface area contributed by atoms with Gasteiger partial charge in [-0.15, -0.1) is 0 Å². The fourth-order valence-electron chi connectivity index (χ4n) is 2.95. The highest BCUT2D eigenvalue weighted by molar-refractivity contribution is 5.95. The standard InChI is InChI=1S/C16H23FN2O/c1-12-6-5-9-14(15(12)17)16(20)19(11-10-18)13-7-3-2-4-8-13/h5-6,9,13H,2-4,7-8,10-11,18H2,1H3. The monoisotopic (exact) mass is 278 g/mol. The molecule has 20 heavy (non-hydrogen) atoms. The highest BCUT2D eigenvalue weighted by atomic mass is 19.1. The number of amides is 1. The largest absolute Gasteiger partial charge is 0.334 e. The number of carbonyl (C=O) groups excluding carboxylic acids is 1. The number of carbonyl (C=O) groups is 1. The van der Waals surface area contributed by atoms with Crippen molar-refractivity contribution in [1.82, 2.24) is 4.90 Å². The highest BCUT2D eigenvalue weighted by Gasteiger charge is 2.27. The summed E-state index contributed by atoms with van der Waals surface area (Å²) < 4.78 is 14.1. The van der Waals surface area contributed by atoms with Gasteiger partial charge in [0.05, 0.1) is 5.56 Å². The van der Waals surface area contributed by atoms with Crippen molar-refractivity contribution in [3.8, 4) is 0 Å². The Morgan fingerprint density at radius 3 is 2.70 bits per heavy atom. The van der Waals surface area contributed by atoms with Gasteiger partial charge in [-0.3, -0.25) is 4.79 Å². The van der Waals surface area contributed by atoms with E-state index in [2.05, 4.69) is 0 Å². The Bertz CT molecular complexity index is 470. The zero-order valence-electron chi connectivity index (χ0n) is 12.1. The van der Waals surface area contributed by atoms with Gasteiger partial charge in [0.2, 0.25) is 0 Å². The summed E-state index contributed by atoms with van der Waals surface area (Å²) in [7, 11) is 0. The van der Waals surface area contributed by atoms with Crippen LogP contribution in [0.25, 0.3) is 0 Å². The van der Waals surface area contributed by atoms with Crippen LogP contribution in [0.2, 0.25) is 0 Å². The molecular weight excluding hydrogens is 255 g/mol. The molecule has 0 heterocycles. The molecule has 1 amide bonds. The van der Waals surface area contributed by atoms with E-state index in [1.807, 2.05) is 0 Å². The minimum Gasteiger partial charge on any atom is -0.334 e. The van der Waals surface area contributed by atoms with Crippen LogP contribution in [0.3, 0.4) is 0 Å². The van der Waals surface area contributed by atoms with E-state index in [0.29, 0.717) is 18.7 Å². The zero-order valence-corrected chi connectivity index (χ0v) is 12.1. The average molecular weight is 278 g/mol. The Hall–Kier alpha value is -1.42. The third kappa shape index (κ3) is 3.18. The fraction of sp³-hybridized carbons (Fsp3) is 0.562. The van der Waals surface area contributed by atoms with Crippen molar-refractivity contribution in [3.63, 3.8) is 0 Å². The molecule has 0 saturated heterocycles. The van der Waals surface area contributed by atoms with Crippen LogP contribution in [0.5, 0.6) is 0 Å². The maximum atomic E-state index is 14.1. The fourth-order valence-corrected chi connectivity index (χ4v) is 2.95. The van der Waals surface area contributed by atoms with Gasteiger partial charge in [-0.05, 0) is 31.4 Å². The number of nitrogens with zero attached hydrogens (tertiary/aromatic N) is 1. The summed E-state index contributed by atoms with van der Waals surface area (Å²) in [6, 6.07) is 5.18. The molecule has 1 aliphatic rings. The van der Waals surface area contributed by atoms with Gasteiger partial charge < -0.3 is 10.6 Å². The lowest BCUT2D eigenvalue weighted by atomic mass is 9.93. The second kappa shape index (κ2) is 6.84. The molecule has 4 heteroatoms. The maximum Gasteiger partial charge on any atom is 0.257 e. The molecule has 1 aromatic rings. The number of nitrogens with two attached hydrogens (primary N) is 1. The molecule has 2 N–H and O–H groups in total. The van der Waals surface area contributed by atoms with Crippen LogP contribution >= 0.6 is 0 Å².